The minimum Gasteiger partial charge on any atom is -0.368 e. The van der Waals surface area contributed by atoms with Crippen LogP contribution in [0.4, 0.5) is 0 Å². The Bertz CT molecular complexity index is 704. The van der Waals surface area contributed by atoms with Gasteiger partial charge in [0.1, 0.15) is 6.10 Å². The molecular formula is C21H23NO3. The minimum atomic E-state index is -0.505. The number of fused-ring (bicyclic) bond motifs is 1. The SMILES string of the molecule is O=C1[C@@H](OCc2ccccc2)[C@H](OCc2ccccc2)[C@@H]2CCCN12. The molecule has 4 nitrogen and oxygen atoms in total. The van der Waals surface area contributed by atoms with Crippen molar-refractivity contribution in [3.63, 3.8) is 0 Å². The van der Waals surface area contributed by atoms with E-state index in [0.29, 0.717) is 13.2 Å². The molecular weight excluding hydrogens is 314 g/mol. The molecule has 1 amide bonds. The molecule has 2 saturated heterocycles. The van der Waals surface area contributed by atoms with Gasteiger partial charge in [0.15, 0.2) is 6.10 Å². The van der Waals surface area contributed by atoms with Gasteiger partial charge in [-0.3, -0.25) is 4.79 Å². The molecule has 0 bridgehead atoms. The summed E-state index contributed by atoms with van der Waals surface area (Å²) in [5.74, 6) is 0.0801. The normalized spacial score (nSPS) is 25.4. The van der Waals surface area contributed by atoms with Gasteiger partial charge in [-0.2, -0.15) is 0 Å². The van der Waals surface area contributed by atoms with Gasteiger partial charge in [0.25, 0.3) is 5.91 Å². The van der Waals surface area contributed by atoms with Crippen LogP contribution in [0.5, 0.6) is 0 Å². The predicted octanol–water partition coefficient (Wildman–Crippen LogP) is 3.16. The third-order valence-electron chi connectivity index (χ3n) is 5.06. The maximum absolute atomic E-state index is 12.8. The first-order chi connectivity index (χ1) is 12.3. The summed E-state index contributed by atoms with van der Waals surface area (Å²) in [6.45, 7) is 1.76. The number of carbonyl (C=O) groups is 1. The topological polar surface area (TPSA) is 38.8 Å². The van der Waals surface area contributed by atoms with Crippen molar-refractivity contribution in [2.45, 2.75) is 44.3 Å². The summed E-state index contributed by atoms with van der Waals surface area (Å²) < 4.78 is 12.2. The zero-order valence-corrected chi connectivity index (χ0v) is 14.2. The standard InChI is InChI=1S/C21H23NO3/c23-21-20(25-15-17-10-5-2-6-11-17)19(18-12-7-13-22(18)21)24-14-16-8-3-1-4-9-16/h1-6,8-11,18-20H,7,12-15H2/t18-,19+,20-/m0/s1. The first kappa shape index (κ1) is 16.3. The van der Waals surface area contributed by atoms with Crippen molar-refractivity contribution in [3.05, 3.63) is 71.8 Å². The summed E-state index contributed by atoms with van der Waals surface area (Å²) in [5.41, 5.74) is 2.19. The minimum absolute atomic E-state index is 0.0801. The van der Waals surface area contributed by atoms with E-state index in [-0.39, 0.29) is 18.1 Å². The van der Waals surface area contributed by atoms with Crippen molar-refractivity contribution in [1.82, 2.24) is 4.90 Å². The molecule has 0 aromatic heterocycles. The van der Waals surface area contributed by atoms with Crippen molar-refractivity contribution in [2.75, 3.05) is 6.54 Å². The Morgan fingerprint density at radius 2 is 1.48 bits per heavy atom. The van der Waals surface area contributed by atoms with E-state index in [2.05, 4.69) is 0 Å². The van der Waals surface area contributed by atoms with Crippen LogP contribution in [0.2, 0.25) is 0 Å². The molecule has 0 saturated carbocycles. The van der Waals surface area contributed by atoms with Crippen molar-refractivity contribution in [2.24, 2.45) is 0 Å². The molecule has 0 radical (unpaired) electrons. The fourth-order valence-corrected chi connectivity index (χ4v) is 3.80. The second-order valence-electron chi connectivity index (χ2n) is 6.72. The maximum Gasteiger partial charge on any atom is 0.254 e. The summed E-state index contributed by atoms with van der Waals surface area (Å²) >= 11 is 0. The van der Waals surface area contributed by atoms with Crippen LogP contribution in [0.25, 0.3) is 0 Å². The number of hydrogen-bond donors (Lipinski definition) is 0. The molecule has 3 atom stereocenters. The largest absolute Gasteiger partial charge is 0.368 e. The van der Waals surface area contributed by atoms with Gasteiger partial charge in [-0.05, 0) is 24.0 Å². The number of rotatable bonds is 6. The predicted molar refractivity (Wildman–Crippen MR) is 94.8 cm³/mol. The van der Waals surface area contributed by atoms with Crippen LogP contribution in [0.3, 0.4) is 0 Å². The highest BCUT2D eigenvalue weighted by Gasteiger charge is 2.51. The summed E-state index contributed by atoms with van der Waals surface area (Å²) in [7, 11) is 0. The lowest BCUT2D eigenvalue weighted by atomic mass is 10.1. The number of benzene rings is 2. The number of amides is 1. The maximum atomic E-state index is 12.8. The zero-order chi connectivity index (χ0) is 17.1. The van der Waals surface area contributed by atoms with Crippen LogP contribution in [0, 0.1) is 0 Å². The first-order valence-corrected chi connectivity index (χ1v) is 8.94. The first-order valence-electron chi connectivity index (χ1n) is 8.94. The molecule has 4 rings (SSSR count). The third-order valence-corrected chi connectivity index (χ3v) is 5.06. The molecule has 2 aliphatic heterocycles. The summed E-state index contributed by atoms with van der Waals surface area (Å²) in [5, 5.41) is 0. The van der Waals surface area contributed by atoms with Crippen molar-refractivity contribution < 1.29 is 14.3 Å². The summed E-state index contributed by atoms with van der Waals surface area (Å²) in [6.07, 6.45) is 1.34. The molecule has 0 N–H and O–H groups in total. The van der Waals surface area contributed by atoms with Gasteiger partial charge in [0.05, 0.1) is 19.3 Å². The van der Waals surface area contributed by atoms with Crippen LogP contribution in [-0.4, -0.2) is 35.6 Å². The Morgan fingerprint density at radius 3 is 2.12 bits per heavy atom. The molecule has 0 aliphatic carbocycles. The van der Waals surface area contributed by atoms with Crippen LogP contribution < -0.4 is 0 Å². The Kier molecular flexibility index (Phi) is 4.81. The van der Waals surface area contributed by atoms with E-state index in [1.165, 1.54) is 0 Å². The van der Waals surface area contributed by atoms with Gasteiger partial charge in [0, 0.05) is 6.54 Å². The monoisotopic (exact) mass is 337 g/mol. The molecule has 0 unspecified atom stereocenters. The van der Waals surface area contributed by atoms with E-state index in [9.17, 15) is 4.79 Å². The van der Waals surface area contributed by atoms with E-state index in [4.69, 9.17) is 9.47 Å². The smallest absolute Gasteiger partial charge is 0.254 e. The van der Waals surface area contributed by atoms with Crippen molar-refractivity contribution in [1.29, 1.82) is 0 Å². The molecule has 0 spiro atoms. The second-order valence-corrected chi connectivity index (χ2v) is 6.72. The van der Waals surface area contributed by atoms with E-state index in [0.717, 1.165) is 30.5 Å². The number of hydrogen-bond acceptors (Lipinski definition) is 3. The van der Waals surface area contributed by atoms with Crippen LogP contribution >= 0.6 is 0 Å². The summed E-state index contributed by atoms with van der Waals surface area (Å²) in [4.78, 5) is 14.7. The lowest BCUT2D eigenvalue weighted by Gasteiger charge is -2.22. The molecule has 2 heterocycles. The fourth-order valence-electron chi connectivity index (χ4n) is 3.80. The molecule has 2 fully saturated rings. The van der Waals surface area contributed by atoms with Gasteiger partial charge >= 0.3 is 0 Å². The Morgan fingerprint density at radius 1 is 0.880 bits per heavy atom. The Hall–Kier alpha value is -2.17. The Labute approximate surface area is 148 Å². The average molecular weight is 337 g/mol. The third kappa shape index (κ3) is 3.46. The van der Waals surface area contributed by atoms with E-state index >= 15 is 0 Å². The second kappa shape index (κ2) is 7.38. The molecule has 4 heteroatoms. The lowest BCUT2D eigenvalue weighted by Crippen LogP contribution is -2.36. The van der Waals surface area contributed by atoms with Crippen LogP contribution in [0.1, 0.15) is 24.0 Å². The number of carbonyl (C=O) groups excluding carboxylic acids is 1. The number of nitrogens with zero attached hydrogens (tertiary/aromatic N) is 1. The van der Waals surface area contributed by atoms with Crippen LogP contribution in [0.15, 0.2) is 60.7 Å². The van der Waals surface area contributed by atoms with Gasteiger partial charge in [-0.1, -0.05) is 60.7 Å². The van der Waals surface area contributed by atoms with E-state index in [1.54, 1.807) is 0 Å². The highest BCUT2D eigenvalue weighted by molar-refractivity contribution is 5.85. The quantitative estimate of drug-likeness (QED) is 0.813. The van der Waals surface area contributed by atoms with Gasteiger partial charge in [0.2, 0.25) is 0 Å². The molecule has 2 aliphatic rings. The molecule has 2 aromatic rings. The van der Waals surface area contributed by atoms with Crippen molar-refractivity contribution >= 4 is 5.91 Å². The zero-order valence-electron chi connectivity index (χ0n) is 14.2. The lowest BCUT2D eigenvalue weighted by molar-refractivity contribution is -0.142. The van der Waals surface area contributed by atoms with E-state index in [1.807, 2.05) is 65.6 Å². The van der Waals surface area contributed by atoms with Gasteiger partial charge in [-0.15, -0.1) is 0 Å². The fraction of sp³-hybridized carbons (Fsp3) is 0.381. The highest BCUT2D eigenvalue weighted by Crippen LogP contribution is 2.33. The van der Waals surface area contributed by atoms with Crippen molar-refractivity contribution in [3.8, 4) is 0 Å². The van der Waals surface area contributed by atoms with Crippen LogP contribution in [-0.2, 0) is 27.5 Å². The molecule has 25 heavy (non-hydrogen) atoms. The van der Waals surface area contributed by atoms with Gasteiger partial charge < -0.3 is 14.4 Å². The Balaban J connectivity index is 1.45. The van der Waals surface area contributed by atoms with Gasteiger partial charge in [-0.25, -0.2) is 0 Å². The number of ether oxygens (including phenoxy) is 2. The molecule has 2 aromatic carbocycles. The summed E-state index contributed by atoms with van der Waals surface area (Å²) in [6, 6.07) is 20.2. The molecule has 130 valence electrons. The average Bonchev–Trinajstić information content (AvgIpc) is 3.23. The highest BCUT2D eigenvalue weighted by atomic mass is 16.5. The van der Waals surface area contributed by atoms with E-state index < -0.39 is 6.10 Å².